The quantitative estimate of drug-likeness (QED) is 0.907. The van der Waals surface area contributed by atoms with Gasteiger partial charge in [0.2, 0.25) is 0 Å². The highest BCUT2D eigenvalue weighted by Gasteiger charge is 2.30. The van der Waals surface area contributed by atoms with Crippen LogP contribution in [0.3, 0.4) is 0 Å². The number of carboxylic acid groups (broad SMARTS) is 1. The number of anilines is 1. The molecule has 1 aromatic heterocycles. The summed E-state index contributed by atoms with van der Waals surface area (Å²) < 4.78 is 0. The lowest BCUT2D eigenvalue weighted by Gasteiger charge is -2.26. The molecule has 23 heavy (non-hydrogen) atoms. The molecule has 6 nitrogen and oxygen atoms in total. The number of nitrogens with zero attached hydrogens (tertiary/aromatic N) is 4. The molecule has 6 heteroatoms. The second-order valence-electron chi connectivity index (χ2n) is 6.42. The molecule has 1 N–H and O–H groups in total. The molecule has 0 bridgehead atoms. The average molecular weight is 310 g/mol. The van der Waals surface area contributed by atoms with Crippen LogP contribution in [0.2, 0.25) is 0 Å². The van der Waals surface area contributed by atoms with Crippen molar-refractivity contribution in [2.45, 2.75) is 32.6 Å². The van der Waals surface area contributed by atoms with E-state index in [4.69, 9.17) is 0 Å². The second kappa shape index (κ2) is 5.46. The van der Waals surface area contributed by atoms with Gasteiger partial charge in [-0.15, -0.1) is 0 Å². The standard InChI is InChI=1S/C17H18N4O2/c1-17(2,3)12-5-4-7-19-15(12)21(16(22)23)14-9-11-10-18-8-6-13(11)20-14/h4-5,7-10H,6H2,1-3H3,(H,22,23). The van der Waals surface area contributed by atoms with Gasteiger partial charge in [0.05, 0.1) is 5.71 Å². The molecule has 0 radical (unpaired) electrons. The van der Waals surface area contributed by atoms with E-state index in [1.165, 1.54) is 0 Å². The Balaban J connectivity index is 2.10. The third-order valence-electron chi connectivity index (χ3n) is 3.70. The molecular weight excluding hydrogens is 292 g/mol. The van der Waals surface area contributed by atoms with Gasteiger partial charge < -0.3 is 5.11 Å². The SMILES string of the molecule is CC(C)(C)c1cccnc1N(C(=O)O)C1=CC2=CN=CCC2=N1. The van der Waals surface area contributed by atoms with Crippen LogP contribution in [0.4, 0.5) is 10.6 Å². The minimum atomic E-state index is -1.11. The van der Waals surface area contributed by atoms with Gasteiger partial charge in [0.25, 0.3) is 0 Å². The van der Waals surface area contributed by atoms with Crippen LogP contribution in [-0.2, 0) is 5.41 Å². The number of aliphatic imine (C=N–C) groups is 2. The van der Waals surface area contributed by atoms with Crippen molar-refractivity contribution in [2.24, 2.45) is 9.98 Å². The van der Waals surface area contributed by atoms with Crippen LogP contribution in [0.5, 0.6) is 0 Å². The summed E-state index contributed by atoms with van der Waals surface area (Å²) in [6, 6.07) is 3.71. The molecule has 3 rings (SSSR count). The van der Waals surface area contributed by atoms with Gasteiger partial charge in [0.1, 0.15) is 11.6 Å². The van der Waals surface area contributed by atoms with Crippen molar-refractivity contribution in [2.75, 3.05) is 4.90 Å². The number of amides is 1. The Morgan fingerprint density at radius 3 is 2.78 bits per heavy atom. The maximum atomic E-state index is 11.9. The molecule has 0 saturated heterocycles. The van der Waals surface area contributed by atoms with Gasteiger partial charge in [0.15, 0.2) is 0 Å². The number of carbonyl (C=O) groups is 1. The Morgan fingerprint density at radius 1 is 1.35 bits per heavy atom. The first-order chi connectivity index (χ1) is 10.9. The maximum Gasteiger partial charge on any atom is 0.418 e. The van der Waals surface area contributed by atoms with Crippen LogP contribution in [0.1, 0.15) is 32.8 Å². The Labute approximate surface area is 134 Å². The fourth-order valence-corrected chi connectivity index (χ4v) is 2.58. The number of hydrogen-bond donors (Lipinski definition) is 1. The largest absolute Gasteiger partial charge is 0.464 e. The monoisotopic (exact) mass is 310 g/mol. The summed E-state index contributed by atoms with van der Waals surface area (Å²) in [7, 11) is 0. The van der Waals surface area contributed by atoms with Crippen molar-refractivity contribution in [3.63, 3.8) is 0 Å². The molecule has 2 aliphatic heterocycles. The van der Waals surface area contributed by atoms with Crippen LogP contribution in [0.15, 0.2) is 52.0 Å². The lowest BCUT2D eigenvalue weighted by atomic mass is 9.87. The van der Waals surface area contributed by atoms with Crippen LogP contribution in [0, 0.1) is 0 Å². The summed E-state index contributed by atoms with van der Waals surface area (Å²) >= 11 is 0. The number of pyridine rings is 1. The molecule has 2 aliphatic rings. The number of rotatable bonds is 2. The lowest BCUT2D eigenvalue weighted by Crippen LogP contribution is -2.31. The number of aromatic nitrogens is 1. The zero-order chi connectivity index (χ0) is 16.6. The molecular formula is C17H18N4O2. The highest BCUT2D eigenvalue weighted by molar-refractivity contribution is 6.13. The Kier molecular flexibility index (Phi) is 3.60. The summed E-state index contributed by atoms with van der Waals surface area (Å²) in [6.45, 7) is 6.08. The molecule has 1 aromatic rings. The van der Waals surface area contributed by atoms with Gasteiger partial charge in [-0.2, -0.15) is 0 Å². The molecule has 118 valence electrons. The Hall–Kier alpha value is -2.76. The zero-order valence-corrected chi connectivity index (χ0v) is 13.3. The van der Waals surface area contributed by atoms with E-state index >= 15 is 0 Å². The molecule has 0 spiro atoms. The molecule has 0 saturated carbocycles. The van der Waals surface area contributed by atoms with Crippen molar-refractivity contribution in [3.8, 4) is 0 Å². The van der Waals surface area contributed by atoms with E-state index in [-0.39, 0.29) is 5.41 Å². The lowest BCUT2D eigenvalue weighted by molar-refractivity contribution is 0.203. The molecule has 0 aromatic carbocycles. The van der Waals surface area contributed by atoms with Crippen LogP contribution < -0.4 is 4.90 Å². The highest BCUT2D eigenvalue weighted by atomic mass is 16.4. The molecule has 1 amide bonds. The van der Waals surface area contributed by atoms with Crippen molar-refractivity contribution in [1.82, 2.24) is 4.98 Å². The van der Waals surface area contributed by atoms with Crippen LogP contribution in [0.25, 0.3) is 0 Å². The predicted octanol–water partition coefficient (Wildman–Crippen LogP) is 3.52. The molecule has 0 atom stereocenters. The average Bonchev–Trinajstić information content (AvgIpc) is 2.89. The summed E-state index contributed by atoms with van der Waals surface area (Å²) in [6.07, 6.45) is 6.28. The van der Waals surface area contributed by atoms with Gasteiger partial charge in [-0.3, -0.25) is 4.99 Å². The molecule has 3 heterocycles. The van der Waals surface area contributed by atoms with Crippen molar-refractivity contribution in [1.29, 1.82) is 0 Å². The van der Waals surface area contributed by atoms with Gasteiger partial charge in [-0.25, -0.2) is 19.7 Å². The van der Waals surface area contributed by atoms with Gasteiger partial charge in [0, 0.05) is 36.2 Å². The van der Waals surface area contributed by atoms with E-state index in [0.717, 1.165) is 21.7 Å². The van der Waals surface area contributed by atoms with Gasteiger partial charge >= 0.3 is 6.09 Å². The summed E-state index contributed by atoms with van der Waals surface area (Å²) in [4.78, 5) is 25.9. The Bertz CT molecular complexity index is 782. The first-order valence-electron chi connectivity index (χ1n) is 7.38. The normalized spacial score (nSPS) is 16.4. The minimum Gasteiger partial charge on any atom is -0.464 e. The first kappa shape index (κ1) is 15.1. The number of fused-ring (bicyclic) bond motifs is 1. The van der Waals surface area contributed by atoms with Gasteiger partial charge in [-0.05, 0) is 17.6 Å². The smallest absolute Gasteiger partial charge is 0.418 e. The second-order valence-corrected chi connectivity index (χ2v) is 6.42. The molecule has 0 unspecified atom stereocenters. The van der Waals surface area contributed by atoms with E-state index < -0.39 is 6.09 Å². The van der Waals surface area contributed by atoms with E-state index in [1.54, 1.807) is 24.7 Å². The predicted molar refractivity (Wildman–Crippen MR) is 90.2 cm³/mol. The minimum absolute atomic E-state index is 0.237. The topological polar surface area (TPSA) is 78.2 Å². The third kappa shape index (κ3) is 2.79. The van der Waals surface area contributed by atoms with E-state index in [0.29, 0.717) is 18.1 Å². The number of hydrogen-bond acceptors (Lipinski definition) is 4. The van der Waals surface area contributed by atoms with E-state index in [1.807, 2.05) is 32.9 Å². The fraction of sp³-hybridized carbons (Fsp3) is 0.294. The molecule has 0 fully saturated rings. The Morgan fingerprint density at radius 2 is 2.13 bits per heavy atom. The van der Waals surface area contributed by atoms with Crippen molar-refractivity contribution >= 4 is 23.8 Å². The summed E-state index contributed by atoms with van der Waals surface area (Å²) in [5.74, 6) is 0.747. The van der Waals surface area contributed by atoms with Crippen LogP contribution >= 0.6 is 0 Å². The van der Waals surface area contributed by atoms with Gasteiger partial charge in [-0.1, -0.05) is 26.8 Å². The van der Waals surface area contributed by atoms with Crippen molar-refractivity contribution in [3.05, 3.63) is 47.6 Å². The first-order valence-corrected chi connectivity index (χ1v) is 7.38. The zero-order valence-electron chi connectivity index (χ0n) is 13.3. The maximum absolute atomic E-state index is 11.9. The third-order valence-corrected chi connectivity index (χ3v) is 3.70. The number of allylic oxidation sites excluding steroid dienone is 2. The van der Waals surface area contributed by atoms with Crippen LogP contribution in [-0.4, -0.2) is 28.1 Å². The summed E-state index contributed by atoms with van der Waals surface area (Å²) in [5.41, 5.74) is 2.29. The molecule has 0 aliphatic carbocycles. The highest BCUT2D eigenvalue weighted by Crippen LogP contribution is 2.34. The van der Waals surface area contributed by atoms with E-state index in [2.05, 4.69) is 15.0 Å². The fourth-order valence-electron chi connectivity index (χ4n) is 2.58. The van der Waals surface area contributed by atoms with Crippen molar-refractivity contribution < 1.29 is 9.90 Å². The summed E-state index contributed by atoms with van der Waals surface area (Å²) in [5, 5.41) is 9.74. The van der Waals surface area contributed by atoms with E-state index in [9.17, 15) is 9.90 Å².